The fourth-order valence-electron chi connectivity index (χ4n) is 2.72. The number of likely N-dealkylation sites (N-methyl/N-ethyl adjacent to an activating group) is 1. The topological polar surface area (TPSA) is 42.8 Å². The molecule has 0 aliphatic heterocycles. The number of oxime groups is 1. The molecule has 4 nitrogen and oxygen atoms in total. The molecule has 0 amide bonds. The number of nitrogens with one attached hydrogen (secondary N) is 1. The van der Waals surface area contributed by atoms with Gasteiger partial charge in [0.25, 0.3) is 0 Å². The molecule has 0 saturated heterocycles. The van der Waals surface area contributed by atoms with Gasteiger partial charge in [-0.1, -0.05) is 55.4 Å². The van der Waals surface area contributed by atoms with E-state index in [0.29, 0.717) is 6.61 Å². The van der Waals surface area contributed by atoms with Gasteiger partial charge in [-0.25, -0.2) is 0 Å². The summed E-state index contributed by atoms with van der Waals surface area (Å²) in [5, 5.41) is 7.27. The highest BCUT2D eigenvalue weighted by Gasteiger charge is 2.25. The molecule has 1 aliphatic rings. The van der Waals surface area contributed by atoms with Gasteiger partial charge in [0.15, 0.2) is 0 Å². The Labute approximate surface area is 150 Å². The van der Waals surface area contributed by atoms with E-state index in [2.05, 4.69) is 28.7 Å². The van der Waals surface area contributed by atoms with E-state index in [0.717, 1.165) is 34.7 Å². The number of ether oxygens (including phenoxy) is 1. The summed E-state index contributed by atoms with van der Waals surface area (Å²) in [6.45, 7) is 5.39. The van der Waals surface area contributed by atoms with Crippen LogP contribution in [-0.2, 0) is 4.84 Å². The summed E-state index contributed by atoms with van der Waals surface area (Å²) in [5.41, 5.74) is 5.34. The normalized spacial score (nSPS) is 13.2. The predicted molar refractivity (Wildman–Crippen MR) is 104 cm³/mol. The summed E-state index contributed by atoms with van der Waals surface area (Å²) in [6.07, 6.45) is 4.05. The minimum absolute atomic E-state index is 0.546. The zero-order valence-corrected chi connectivity index (χ0v) is 15.4. The first-order valence-electron chi connectivity index (χ1n) is 8.63. The summed E-state index contributed by atoms with van der Waals surface area (Å²) in [5.74, 6) is 0.828. The van der Waals surface area contributed by atoms with Crippen molar-refractivity contribution in [2.45, 2.75) is 13.8 Å². The molecule has 0 atom stereocenters. The van der Waals surface area contributed by atoms with Crippen LogP contribution in [0.25, 0.3) is 11.1 Å². The molecule has 0 spiro atoms. The van der Waals surface area contributed by atoms with Crippen molar-refractivity contribution in [3.05, 3.63) is 65.7 Å². The largest absolute Gasteiger partial charge is 0.490 e. The van der Waals surface area contributed by atoms with E-state index in [1.807, 2.05) is 57.3 Å². The quantitative estimate of drug-likeness (QED) is 0.540. The average Bonchev–Trinajstić information content (AvgIpc) is 2.97. The second-order valence-corrected chi connectivity index (χ2v) is 5.22. The molecule has 2 aromatic rings. The minimum atomic E-state index is 0.546. The van der Waals surface area contributed by atoms with Crippen molar-refractivity contribution >= 4 is 5.71 Å². The Morgan fingerprint density at radius 2 is 1.68 bits per heavy atom. The number of hydrogen-bond donors (Lipinski definition) is 1. The van der Waals surface area contributed by atoms with Crippen LogP contribution in [-0.4, -0.2) is 33.0 Å². The highest BCUT2D eigenvalue weighted by molar-refractivity contribution is 6.24. The van der Waals surface area contributed by atoms with E-state index in [4.69, 9.17) is 9.57 Å². The first kappa shape index (κ1) is 18.7. The van der Waals surface area contributed by atoms with Crippen LogP contribution in [0.15, 0.2) is 59.8 Å². The van der Waals surface area contributed by atoms with E-state index in [1.165, 1.54) is 5.56 Å². The lowest BCUT2D eigenvalue weighted by Crippen LogP contribution is -2.05. The number of hydrogen-bond acceptors (Lipinski definition) is 4. The lowest BCUT2D eigenvalue weighted by molar-refractivity contribution is 0.214. The number of fused-ring (bicyclic) bond motifs is 3. The first-order valence-corrected chi connectivity index (χ1v) is 8.63. The molecule has 0 aromatic heterocycles. The van der Waals surface area contributed by atoms with Gasteiger partial charge < -0.3 is 14.9 Å². The van der Waals surface area contributed by atoms with E-state index in [-0.39, 0.29) is 0 Å². The van der Waals surface area contributed by atoms with E-state index in [1.54, 1.807) is 7.11 Å². The molecule has 1 aliphatic carbocycles. The van der Waals surface area contributed by atoms with Crippen molar-refractivity contribution in [2.24, 2.45) is 5.16 Å². The third-order valence-corrected chi connectivity index (χ3v) is 3.74. The van der Waals surface area contributed by atoms with E-state index in [9.17, 15) is 0 Å². The Bertz CT molecular complexity index is 751. The van der Waals surface area contributed by atoms with Gasteiger partial charge in [0.1, 0.15) is 25.2 Å². The van der Waals surface area contributed by atoms with Crippen LogP contribution in [0, 0.1) is 0 Å². The summed E-state index contributed by atoms with van der Waals surface area (Å²) in [6, 6.07) is 14.3. The number of rotatable bonds is 6. The SMILES string of the molecule is CC.CNC/C=C\COc1ccc2c(c1)/C(=N/OC)c1ccccc1-2. The summed E-state index contributed by atoms with van der Waals surface area (Å²) in [4.78, 5) is 5.03. The van der Waals surface area contributed by atoms with Crippen molar-refractivity contribution < 1.29 is 9.57 Å². The van der Waals surface area contributed by atoms with E-state index >= 15 is 0 Å². The van der Waals surface area contributed by atoms with Crippen LogP contribution < -0.4 is 10.1 Å². The lowest BCUT2D eigenvalue weighted by atomic mass is 10.1. The first-order chi connectivity index (χ1) is 12.3. The van der Waals surface area contributed by atoms with Crippen LogP contribution in [0.3, 0.4) is 0 Å². The van der Waals surface area contributed by atoms with Gasteiger partial charge in [-0.15, -0.1) is 0 Å². The fraction of sp³-hybridized carbons (Fsp3) is 0.286. The zero-order valence-electron chi connectivity index (χ0n) is 15.4. The maximum Gasteiger partial charge on any atom is 0.120 e. The Balaban J connectivity index is 0.00000109. The second-order valence-electron chi connectivity index (χ2n) is 5.22. The van der Waals surface area contributed by atoms with Crippen molar-refractivity contribution in [3.63, 3.8) is 0 Å². The third-order valence-electron chi connectivity index (χ3n) is 3.74. The maximum atomic E-state index is 5.79. The van der Waals surface area contributed by atoms with Gasteiger partial charge in [0.05, 0.1) is 0 Å². The molecule has 4 heteroatoms. The van der Waals surface area contributed by atoms with Crippen LogP contribution in [0.2, 0.25) is 0 Å². The van der Waals surface area contributed by atoms with Crippen molar-refractivity contribution in [2.75, 3.05) is 27.3 Å². The highest BCUT2D eigenvalue weighted by atomic mass is 16.6. The Morgan fingerprint density at radius 3 is 2.40 bits per heavy atom. The summed E-state index contributed by atoms with van der Waals surface area (Å²) in [7, 11) is 3.49. The summed E-state index contributed by atoms with van der Waals surface area (Å²) >= 11 is 0. The van der Waals surface area contributed by atoms with Crippen molar-refractivity contribution in [1.29, 1.82) is 0 Å². The molecule has 132 valence electrons. The standard InChI is InChI=1S/C19H20N2O2.C2H6/c1-20-11-5-6-12-23-14-9-10-16-15-7-3-4-8-17(15)19(21-22-2)18(16)13-14;1-2/h3-10,13,20H,11-12H2,1-2H3;1-2H3/b6-5-,21-19+;. The predicted octanol–water partition coefficient (Wildman–Crippen LogP) is 4.25. The second kappa shape index (κ2) is 9.64. The number of benzene rings is 2. The van der Waals surface area contributed by atoms with Gasteiger partial charge in [-0.2, -0.15) is 0 Å². The molecule has 1 N–H and O–H groups in total. The van der Waals surface area contributed by atoms with Gasteiger partial charge >= 0.3 is 0 Å². The molecule has 25 heavy (non-hydrogen) atoms. The molecule has 0 bridgehead atoms. The Hall–Kier alpha value is -2.59. The van der Waals surface area contributed by atoms with Gasteiger partial charge in [-0.3, -0.25) is 0 Å². The monoisotopic (exact) mass is 338 g/mol. The van der Waals surface area contributed by atoms with Crippen LogP contribution in [0.5, 0.6) is 5.75 Å². The molecule has 0 heterocycles. The zero-order chi connectivity index (χ0) is 18.1. The van der Waals surface area contributed by atoms with Crippen LogP contribution in [0.1, 0.15) is 25.0 Å². The molecule has 0 radical (unpaired) electrons. The average molecular weight is 338 g/mol. The van der Waals surface area contributed by atoms with Gasteiger partial charge in [0.2, 0.25) is 0 Å². The van der Waals surface area contributed by atoms with E-state index < -0.39 is 0 Å². The third kappa shape index (κ3) is 4.28. The van der Waals surface area contributed by atoms with Crippen LogP contribution >= 0.6 is 0 Å². The molecule has 0 saturated carbocycles. The maximum absolute atomic E-state index is 5.79. The summed E-state index contributed by atoms with van der Waals surface area (Å²) < 4.78 is 5.79. The molecule has 2 aromatic carbocycles. The minimum Gasteiger partial charge on any atom is -0.490 e. The molecular formula is C21H26N2O2. The van der Waals surface area contributed by atoms with Crippen molar-refractivity contribution in [3.8, 4) is 16.9 Å². The fourth-order valence-corrected chi connectivity index (χ4v) is 2.72. The number of nitrogens with zero attached hydrogens (tertiary/aromatic N) is 1. The lowest BCUT2D eigenvalue weighted by Gasteiger charge is -2.06. The molecule has 0 unspecified atom stereocenters. The molecule has 3 rings (SSSR count). The van der Waals surface area contributed by atoms with Gasteiger partial charge in [-0.05, 0) is 36.4 Å². The Kier molecular flexibility index (Phi) is 7.23. The molecular weight excluding hydrogens is 312 g/mol. The van der Waals surface area contributed by atoms with Gasteiger partial charge in [0, 0.05) is 17.7 Å². The van der Waals surface area contributed by atoms with Crippen LogP contribution in [0.4, 0.5) is 0 Å². The Morgan fingerprint density at radius 1 is 0.960 bits per heavy atom. The highest BCUT2D eigenvalue weighted by Crippen LogP contribution is 2.38. The smallest absolute Gasteiger partial charge is 0.120 e. The molecule has 0 fully saturated rings. The van der Waals surface area contributed by atoms with Crippen molar-refractivity contribution in [1.82, 2.24) is 5.32 Å².